The maximum atomic E-state index is 9.03. The highest BCUT2D eigenvalue weighted by molar-refractivity contribution is 6.30. The number of nitrogens with one attached hydrogen (secondary N) is 1. The Balaban J connectivity index is 2.05. The highest BCUT2D eigenvalue weighted by Crippen LogP contribution is 2.29. The van der Waals surface area contributed by atoms with Crippen molar-refractivity contribution >= 4 is 17.4 Å². The number of aliphatic hydroxyl groups excluding tert-OH is 1. The molecule has 2 N–H and O–H groups in total. The van der Waals surface area contributed by atoms with Crippen LogP contribution in [0.2, 0.25) is 5.02 Å². The molecule has 0 fully saturated rings. The second-order valence-corrected chi connectivity index (χ2v) is 5.63. The number of hydrogen-bond donors (Lipinski definition) is 2. The van der Waals surface area contributed by atoms with Crippen molar-refractivity contribution in [1.29, 1.82) is 0 Å². The van der Waals surface area contributed by atoms with Gasteiger partial charge in [0, 0.05) is 28.4 Å². The number of aromatic nitrogens is 2. The number of fused-ring (bicyclic) bond motifs is 1. The van der Waals surface area contributed by atoms with Crippen molar-refractivity contribution in [2.75, 3.05) is 18.5 Å². The molecule has 21 heavy (non-hydrogen) atoms. The molecule has 0 atom stereocenters. The summed E-state index contributed by atoms with van der Waals surface area (Å²) in [6.45, 7) is 0.587. The highest BCUT2D eigenvalue weighted by atomic mass is 35.5. The molecule has 0 unspecified atom stereocenters. The van der Waals surface area contributed by atoms with Gasteiger partial charge in [0.1, 0.15) is 5.82 Å². The lowest BCUT2D eigenvalue weighted by Gasteiger charge is -2.19. The van der Waals surface area contributed by atoms with Crippen LogP contribution in [0.5, 0.6) is 0 Å². The minimum Gasteiger partial charge on any atom is -0.395 e. The smallest absolute Gasteiger partial charge is 0.161 e. The summed E-state index contributed by atoms with van der Waals surface area (Å²) in [5, 5.41) is 12.9. The number of nitrogens with zero attached hydrogens (tertiary/aromatic N) is 2. The van der Waals surface area contributed by atoms with E-state index in [2.05, 4.69) is 10.3 Å². The second-order valence-electron chi connectivity index (χ2n) is 5.19. The summed E-state index contributed by atoms with van der Waals surface area (Å²) in [4.78, 5) is 9.36. The van der Waals surface area contributed by atoms with E-state index < -0.39 is 0 Å². The molecule has 0 aliphatic heterocycles. The Labute approximate surface area is 129 Å². The van der Waals surface area contributed by atoms with Crippen LogP contribution in [0.4, 0.5) is 5.82 Å². The van der Waals surface area contributed by atoms with Crippen molar-refractivity contribution in [3.8, 4) is 11.4 Å². The minimum absolute atomic E-state index is 0.0886. The molecule has 1 aliphatic carbocycles. The molecule has 5 heteroatoms. The Morgan fingerprint density at radius 2 is 2.05 bits per heavy atom. The van der Waals surface area contributed by atoms with Crippen LogP contribution in [0.1, 0.15) is 24.1 Å². The van der Waals surface area contributed by atoms with E-state index in [0.29, 0.717) is 17.4 Å². The quantitative estimate of drug-likeness (QED) is 0.911. The van der Waals surface area contributed by atoms with Gasteiger partial charge in [-0.3, -0.25) is 0 Å². The van der Waals surface area contributed by atoms with Crippen LogP contribution in [-0.2, 0) is 12.8 Å². The van der Waals surface area contributed by atoms with Crippen LogP contribution in [0, 0.1) is 0 Å². The van der Waals surface area contributed by atoms with E-state index in [1.54, 1.807) is 0 Å². The van der Waals surface area contributed by atoms with Crippen LogP contribution in [-0.4, -0.2) is 28.2 Å². The van der Waals surface area contributed by atoms with Gasteiger partial charge in [-0.05, 0) is 37.8 Å². The van der Waals surface area contributed by atoms with Crippen molar-refractivity contribution in [2.24, 2.45) is 0 Å². The van der Waals surface area contributed by atoms with E-state index in [1.807, 2.05) is 24.3 Å². The normalized spacial score (nSPS) is 13.8. The summed E-state index contributed by atoms with van der Waals surface area (Å²) >= 11 is 6.06. The average molecular weight is 304 g/mol. The minimum atomic E-state index is 0.0886. The van der Waals surface area contributed by atoms with Gasteiger partial charge in [-0.25, -0.2) is 9.97 Å². The molecule has 110 valence electrons. The van der Waals surface area contributed by atoms with Crippen molar-refractivity contribution in [1.82, 2.24) is 9.97 Å². The van der Waals surface area contributed by atoms with Gasteiger partial charge in [-0.15, -0.1) is 0 Å². The summed E-state index contributed by atoms with van der Waals surface area (Å²) in [5.41, 5.74) is 3.23. The first-order chi connectivity index (χ1) is 10.3. The van der Waals surface area contributed by atoms with Gasteiger partial charge in [-0.1, -0.05) is 23.7 Å². The molecule has 0 radical (unpaired) electrons. The molecule has 1 aromatic carbocycles. The summed E-state index contributed by atoms with van der Waals surface area (Å²) < 4.78 is 0. The van der Waals surface area contributed by atoms with Crippen LogP contribution < -0.4 is 5.32 Å². The van der Waals surface area contributed by atoms with Crippen LogP contribution in [0.3, 0.4) is 0 Å². The van der Waals surface area contributed by atoms with Crippen LogP contribution in [0.15, 0.2) is 24.3 Å². The van der Waals surface area contributed by atoms with E-state index in [9.17, 15) is 0 Å². The molecular weight excluding hydrogens is 286 g/mol. The molecule has 0 spiro atoms. The molecule has 0 saturated heterocycles. The number of anilines is 1. The summed E-state index contributed by atoms with van der Waals surface area (Å²) in [6.07, 6.45) is 4.32. The molecule has 4 nitrogen and oxygen atoms in total. The Bertz CT molecular complexity index is 645. The van der Waals surface area contributed by atoms with Gasteiger partial charge in [0.2, 0.25) is 0 Å². The Hall–Kier alpha value is -1.65. The van der Waals surface area contributed by atoms with Gasteiger partial charge in [0.05, 0.1) is 6.61 Å². The van der Waals surface area contributed by atoms with Crippen molar-refractivity contribution in [2.45, 2.75) is 25.7 Å². The molecule has 3 rings (SSSR count). The number of rotatable bonds is 4. The van der Waals surface area contributed by atoms with Crippen molar-refractivity contribution < 1.29 is 5.11 Å². The molecule has 0 saturated carbocycles. The van der Waals surface area contributed by atoms with Crippen LogP contribution >= 0.6 is 11.6 Å². The lowest BCUT2D eigenvalue weighted by Crippen LogP contribution is -2.15. The molecule has 1 aliphatic rings. The monoisotopic (exact) mass is 303 g/mol. The third-order valence-corrected chi connectivity index (χ3v) is 3.91. The summed E-state index contributed by atoms with van der Waals surface area (Å²) in [7, 11) is 0. The number of hydrogen-bond acceptors (Lipinski definition) is 4. The van der Waals surface area contributed by atoms with Crippen molar-refractivity contribution in [3.63, 3.8) is 0 Å². The van der Waals surface area contributed by atoms with Gasteiger partial charge in [0.25, 0.3) is 0 Å². The average Bonchev–Trinajstić information content (AvgIpc) is 2.52. The summed E-state index contributed by atoms with van der Waals surface area (Å²) in [6, 6.07) is 7.59. The topological polar surface area (TPSA) is 58.0 Å². The highest BCUT2D eigenvalue weighted by Gasteiger charge is 2.18. The van der Waals surface area contributed by atoms with E-state index >= 15 is 0 Å². The maximum Gasteiger partial charge on any atom is 0.161 e. The molecule has 1 aromatic heterocycles. The molecule has 1 heterocycles. The number of halogens is 1. The van der Waals surface area contributed by atoms with Gasteiger partial charge in [0.15, 0.2) is 5.82 Å². The summed E-state index contributed by atoms with van der Waals surface area (Å²) in [5.74, 6) is 1.54. The zero-order valence-corrected chi connectivity index (χ0v) is 12.5. The fourth-order valence-electron chi connectivity index (χ4n) is 2.67. The lowest BCUT2D eigenvalue weighted by molar-refractivity contribution is 0.311. The number of benzene rings is 1. The maximum absolute atomic E-state index is 9.03. The van der Waals surface area contributed by atoms with Gasteiger partial charge < -0.3 is 10.4 Å². The molecule has 0 bridgehead atoms. The predicted molar refractivity (Wildman–Crippen MR) is 84.7 cm³/mol. The van der Waals surface area contributed by atoms with Gasteiger partial charge in [-0.2, -0.15) is 0 Å². The SMILES string of the molecule is OCCNc1nc(-c2cccc(Cl)c2)nc2c1CCCC2. The number of aryl methyl sites for hydroxylation is 1. The third-order valence-electron chi connectivity index (χ3n) is 3.67. The lowest BCUT2D eigenvalue weighted by atomic mass is 9.96. The Kier molecular flexibility index (Phi) is 4.36. The fraction of sp³-hybridized carbons (Fsp3) is 0.375. The fourth-order valence-corrected chi connectivity index (χ4v) is 2.86. The zero-order chi connectivity index (χ0) is 14.7. The predicted octanol–water partition coefficient (Wildman–Crippen LogP) is 3.08. The molecular formula is C16H18ClN3O. The first-order valence-corrected chi connectivity index (χ1v) is 7.66. The molecule has 2 aromatic rings. The first-order valence-electron chi connectivity index (χ1n) is 7.28. The van der Waals surface area contributed by atoms with Gasteiger partial charge >= 0.3 is 0 Å². The van der Waals surface area contributed by atoms with Crippen molar-refractivity contribution in [3.05, 3.63) is 40.5 Å². The van der Waals surface area contributed by atoms with E-state index in [4.69, 9.17) is 21.7 Å². The van der Waals surface area contributed by atoms with E-state index in [1.165, 1.54) is 18.4 Å². The Morgan fingerprint density at radius 1 is 1.19 bits per heavy atom. The second kappa shape index (κ2) is 6.41. The third kappa shape index (κ3) is 3.17. The first kappa shape index (κ1) is 14.3. The van der Waals surface area contributed by atoms with E-state index in [0.717, 1.165) is 29.9 Å². The van der Waals surface area contributed by atoms with E-state index in [-0.39, 0.29) is 6.61 Å². The Morgan fingerprint density at radius 3 is 2.86 bits per heavy atom. The zero-order valence-electron chi connectivity index (χ0n) is 11.8. The largest absolute Gasteiger partial charge is 0.395 e. The molecule has 0 amide bonds. The van der Waals surface area contributed by atoms with Crippen LogP contribution in [0.25, 0.3) is 11.4 Å². The number of aliphatic hydroxyl groups is 1. The standard InChI is InChI=1S/C16H18ClN3O/c17-12-5-3-4-11(10-12)15-19-14-7-2-1-6-13(14)16(20-15)18-8-9-21/h3-5,10,21H,1-2,6-9H2,(H,18,19,20).